The van der Waals surface area contributed by atoms with E-state index in [2.05, 4.69) is 10.6 Å². The summed E-state index contributed by atoms with van der Waals surface area (Å²) in [6, 6.07) is 6.69. The van der Waals surface area contributed by atoms with Gasteiger partial charge in [-0.3, -0.25) is 9.59 Å². The Hall–Kier alpha value is -1.43. The molecule has 0 bridgehead atoms. The van der Waals surface area contributed by atoms with Gasteiger partial charge < -0.3 is 15.4 Å². The van der Waals surface area contributed by atoms with Crippen LogP contribution in [-0.4, -0.2) is 37.6 Å². The number of esters is 1. The summed E-state index contributed by atoms with van der Waals surface area (Å²) in [6.45, 7) is 3.71. The molecule has 0 amide bonds. The maximum Gasteiger partial charge on any atom is 0.312 e. The highest BCUT2D eigenvalue weighted by molar-refractivity contribution is 6.30. The second kappa shape index (κ2) is 8.27. The second-order valence-corrected chi connectivity index (χ2v) is 5.67. The third-order valence-electron chi connectivity index (χ3n) is 3.65. The lowest BCUT2D eigenvalue weighted by Crippen LogP contribution is -2.55. The van der Waals surface area contributed by atoms with Crippen molar-refractivity contribution in [3.8, 4) is 0 Å². The Morgan fingerprint density at radius 2 is 1.91 bits per heavy atom. The zero-order valence-electron chi connectivity index (χ0n) is 12.6. The van der Waals surface area contributed by atoms with Gasteiger partial charge >= 0.3 is 5.97 Å². The average Bonchev–Trinajstić information content (AvgIpc) is 2.54. The molecule has 1 atom stereocenters. The highest BCUT2D eigenvalue weighted by Gasteiger charge is 2.32. The molecule has 2 N–H and O–H groups in total. The molecule has 0 spiro atoms. The van der Waals surface area contributed by atoms with E-state index in [1.807, 2.05) is 0 Å². The van der Waals surface area contributed by atoms with Gasteiger partial charge in [-0.25, -0.2) is 0 Å². The number of benzene rings is 1. The molecule has 0 unspecified atom stereocenters. The molecule has 6 heteroatoms. The average molecular weight is 325 g/mol. The second-order valence-electron chi connectivity index (χ2n) is 5.23. The zero-order valence-corrected chi connectivity index (χ0v) is 13.4. The predicted molar refractivity (Wildman–Crippen MR) is 84.9 cm³/mol. The fraction of sp³-hybridized carbons (Fsp3) is 0.500. The Morgan fingerprint density at radius 3 is 2.50 bits per heavy atom. The monoisotopic (exact) mass is 324 g/mol. The molecule has 1 aliphatic heterocycles. The van der Waals surface area contributed by atoms with Crippen LogP contribution < -0.4 is 10.6 Å². The summed E-state index contributed by atoms with van der Waals surface area (Å²) in [5.41, 5.74) is 0.550. The van der Waals surface area contributed by atoms with Gasteiger partial charge in [0, 0.05) is 17.0 Å². The Morgan fingerprint density at radius 1 is 1.27 bits per heavy atom. The molecule has 5 nitrogen and oxygen atoms in total. The van der Waals surface area contributed by atoms with Crippen LogP contribution in [0, 0.1) is 5.92 Å². The lowest BCUT2D eigenvalue weighted by molar-refractivity contribution is -0.149. The minimum absolute atomic E-state index is 0.0936. The Labute approximate surface area is 135 Å². The molecule has 1 aromatic rings. The van der Waals surface area contributed by atoms with Crippen LogP contribution in [0.15, 0.2) is 24.3 Å². The van der Waals surface area contributed by atoms with Crippen molar-refractivity contribution >= 4 is 23.4 Å². The summed E-state index contributed by atoms with van der Waals surface area (Å²) in [7, 11) is 0. The van der Waals surface area contributed by atoms with Crippen molar-refractivity contribution in [2.75, 3.05) is 19.7 Å². The zero-order chi connectivity index (χ0) is 15.9. The first-order valence-electron chi connectivity index (χ1n) is 7.54. The van der Waals surface area contributed by atoms with Gasteiger partial charge in [0.2, 0.25) is 0 Å². The lowest BCUT2D eigenvalue weighted by atomic mass is 9.94. The third kappa shape index (κ3) is 4.53. The van der Waals surface area contributed by atoms with Crippen molar-refractivity contribution in [1.29, 1.82) is 0 Å². The first kappa shape index (κ1) is 16.9. The molecule has 1 fully saturated rings. The van der Waals surface area contributed by atoms with Gasteiger partial charge in [0.1, 0.15) is 0 Å². The molecule has 1 aromatic carbocycles. The number of rotatable bonds is 6. The molecule has 120 valence electrons. The summed E-state index contributed by atoms with van der Waals surface area (Å²) in [6.07, 6.45) is 0.867. The van der Waals surface area contributed by atoms with Crippen LogP contribution in [0.25, 0.3) is 0 Å². The number of Topliss-reactive ketones (excluding diaryl/α,β-unsaturated/α-hetero) is 1. The van der Waals surface area contributed by atoms with E-state index in [4.69, 9.17) is 16.3 Å². The molecule has 22 heavy (non-hydrogen) atoms. The molecule has 0 aromatic heterocycles. The van der Waals surface area contributed by atoms with Crippen LogP contribution in [0.2, 0.25) is 5.02 Å². The summed E-state index contributed by atoms with van der Waals surface area (Å²) in [4.78, 5) is 24.6. The molecule has 0 aliphatic carbocycles. The number of ether oxygens (including phenoxy) is 1. The molecular formula is C16H21ClN2O3. The molecular weight excluding hydrogens is 304 g/mol. The van der Waals surface area contributed by atoms with E-state index in [-0.39, 0.29) is 24.3 Å². The first-order valence-corrected chi connectivity index (χ1v) is 7.91. The summed E-state index contributed by atoms with van der Waals surface area (Å²) < 4.78 is 5.12. The number of carbonyl (C=O) groups is 2. The van der Waals surface area contributed by atoms with E-state index in [1.54, 1.807) is 31.2 Å². The Kier molecular flexibility index (Phi) is 6.36. The van der Waals surface area contributed by atoms with Crippen LogP contribution in [0.5, 0.6) is 0 Å². The molecule has 0 radical (unpaired) electrons. The van der Waals surface area contributed by atoms with Crippen LogP contribution in [0.4, 0.5) is 0 Å². The number of hydrogen-bond acceptors (Lipinski definition) is 5. The van der Waals surface area contributed by atoms with Crippen molar-refractivity contribution in [2.24, 2.45) is 5.92 Å². The van der Waals surface area contributed by atoms with Crippen LogP contribution in [-0.2, 0) is 9.53 Å². The highest BCUT2D eigenvalue weighted by Crippen LogP contribution is 2.18. The van der Waals surface area contributed by atoms with E-state index in [1.165, 1.54) is 0 Å². The Bertz CT molecular complexity index is 513. The Balaban J connectivity index is 2.09. The van der Waals surface area contributed by atoms with E-state index in [9.17, 15) is 9.59 Å². The molecule has 1 saturated heterocycles. The number of ketones is 1. The number of carbonyl (C=O) groups excluding carboxylic acids is 2. The quantitative estimate of drug-likeness (QED) is 0.619. The fourth-order valence-corrected chi connectivity index (χ4v) is 2.63. The van der Waals surface area contributed by atoms with E-state index < -0.39 is 5.92 Å². The maximum absolute atomic E-state index is 12.4. The fourth-order valence-electron chi connectivity index (χ4n) is 2.50. The number of nitrogens with one attached hydrogen (secondary N) is 2. The van der Waals surface area contributed by atoms with Crippen molar-refractivity contribution in [1.82, 2.24) is 10.6 Å². The first-order chi connectivity index (χ1) is 10.6. The number of halogens is 1. The lowest BCUT2D eigenvalue weighted by Gasteiger charge is -2.30. The summed E-state index contributed by atoms with van der Waals surface area (Å²) in [5.74, 6) is -0.982. The van der Waals surface area contributed by atoms with Gasteiger partial charge in [0.25, 0.3) is 0 Å². The maximum atomic E-state index is 12.4. The smallest absolute Gasteiger partial charge is 0.312 e. The SMILES string of the molecule is CCOC(=O)[C@H](CC(=O)c1ccc(Cl)cc1)C1NCCCN1. The van der Waals surface area contributed by atoms with Gasteiger partial charge in [-0.05, 0) is 50.7 Å². The van der Waals surface area contributed by atoms with Crippen LogP contribution >= 0.6 is 11.6 Å². The van der Waals surface area contributed by atoms with Gasteiger partial charge in [0.15, 0.2) is 5.78 Å². The van der Waals surface area contributed by atoms with E-state index in [0.29, 0.717) is 17.2 Å². The third-order valence-corrected chi connectivity index (χ3v) is 3.90. The van der Waals surface area contributed by atoms with Crippen molar-refractivity contribution in [3.63, 3.8) is 0 Å². The molecule has 1 heterocycles. The van der Waals surface area contributed by atoms with Crippen molar-refractivity contribution < 1.29 is 14.3 Å². The highest BCUT2D eigenvalue weighted by atomic mass is 35.5. The van der Waals surface area contributed by atoms with Crippen molar-refractivity contribution in [3.05, 3.63) is 34.9 Å². The van der Waals surface area contributed by atoms with Gasteiger partial charge in [-0.15, -0.1) is 0 Å². The minimum Gasteiger partial charge on any atom is -0.466 e. The molecule has 1 aliphatic rings. The standard InChI is InChI=1S/C16H21ClN2O3/c1-2-22-16(21)13(15-18-8-3-9-19-15)10-14(20)11-4-6-12(17)7-5-11/h4-7,13,15,18-19H,2-3,8-10H2,1H3/t13-/m1/s1. The molecule has 2 rings (SSSR count). The van der Waals surface area contributed by atoms with Crippen molar-refractivity contribution in [2.45, 2.75) is 25.9 Å². The predicted octanol–water partition coefficient (Wildman–Crippen LogP) is 2.00. The van der Waals surface area contributed by atoms with E-state index >= 15 is 0 Å². The summed E-state index contributed by atoms with van der Waals surface area (Å²) >= 11 is 5.83. The van der Waals surface area contributed by atoms with Crippen LogP contribution in [0.3, 0.4) is 0 Å². The van der Waals surface area contributed by atoms with Gasteiger partial charge in [-0.1, -0.05) is 11.6 Å². The van der Waals surface area contributed by atoms with Gasteiger partial charge in [-0.2, -0.15) is 0 Å². The van der Waals surface area contributed by atoms with Crippen LogP contribution in [0.1, 0.15) is 30.1 Å². The topological polar surface area (TPSA) is 67.4 Å². The molecule has 0 saturated carbocycles. The largest absolute Gasteiger partial charge is 0.466 e. The normalized spacial score (nSPS) is 17.0. The number of hydrogen-bond donors (Lipinski definition) is 2. The minimum atomic E-state index is -0.538. The summed E-state index contributed by atoms with van der Waals surface area (Å²) in [5, 5.41) is 7.06. The van der Waals surface area contributed by atoms with E-state index in [0.717, 1.165) is 19.5 Å². The van der Waals surface area contributed by atoms with Gasteiger partial charge in [0.05, 0.1) is 18.7 Å².